The van der Waals surface area contributed by atoms with Gasteiger partial charge in [-0.1, -0.05) is 30.7 Å². The first-order chi connectivity index (χ1) is 17.6. The molecule has 1 fully saturated rings. The number of benzene rings is 2. The third kappa shape index (κ3) is 8.97. The van der Waals surface area contributed by atoms with Crippen molar-refractivity contribution in [3.05, 3.63) is 59.7 Å². The molecule has 4 atom stereocenters. The molecule has 0 radical (unpaired) electrons. The molecule has 2 N–H and O–H groups in total. The lowest BCUT2D eigenvalue weighted by Gasteiger charge is -2.36. The first-order valence-electron chi connectivity index (χ1n) is 11.7. The van der Waals surface area contributed by atoms with Gasteiger partial charge in [-0.25, -0.2) is 0 Å². The number of rotatable bonds is 9. The molecule has 3 rings (SSSR count). The van der Waals surface area contributed by atoms with Crippen LogP contribution in [0.3, 0.4) is 0 Å². The molecule has 0 heterocycles. The first kappa shape index (κ1) is 29.9. The Kier molecular flexibility index (Phi) is 9.45. The fourth-order valence-corrected chi connectivity index (χ4v) is 4.54. The van der Waals surface area contributed by atoms with E-state index in [0.29, 0.717) is 17.5 Å². The van der Waals surface area contributed by atoms with Gasteiger partial charge in [0.05, 0.1) is 5.92 Å². The molecule has 1 aliphatic rings. The molecule has 1 saturated carbocycles. The molecule has 0 aliphatic heterocycles. The predicted molar refractivity (Wildman–Crippen MR) is 118 cm³/mol. The van der Waals surface area contributed by atoms with Crippen LogP contribution in [0.2, 0.25) is 0 Å². The quantitative estimate of drug-likeness (QED) is 0.322. The molecule has 0 saturated heterocycles. The van der Waals surface area contributed by atoms with E-state index >= 15 is 0 Å². The van der Waals surface area contributed by atoms with E-state index in [-0.39, 0.29) is 31.6 Å². The molecular weight excluding hydrogens is 533 g/mol. The van der Waals surface area contributed by atoms with E-state index in [0.717, 1.165) is 12.1 Å². The Morgan fingerprint density at radius 3 is 2.24 bits per heavy atom. The van der Waals surface area contributed by atoms with Crippen molar-refractivity contribution in [2.24, 2.45) is 11.8 Å². The summed E-state index contributed by atoms with van der Waals surface area (Å²) < 4.78 is 126. The van der Waals surface area contributed by atoms with E-state index in [1.165, 1.54) is 36.4 Å². The summed E-state index contributed by atoms with van der Waals surface area (Å²) in [6.07, 6.45) is -16.7. The Balaban J connectivity index is 1.78. The smallest absolute Gasteiger partial charge is 0.489 e. The van der Waals surface area contributed by atoms with E-state index in [4.69, 9.17) is 4.74 Å². The fraction of sp³-hybridized carbons (Fsp3) is 0.520. The molecule has 0 amide bonds. The molecule has 4 unspecified atom stereocenters. The van der Waals surface area contributed by atoms with Crippen LogP contribution >= 0.6 is 0 Å². The maximum Gasteiger partial charge on any atom is 0.573 e. The number of aliphatic hydroxyl groups is 1. The largest absolute Gasteiger partial charge is 0.573 e. The van der Waals surface area contributed by atoms with Crippen molar-refractivity contribution in [1.82, 2.24) is 5.32 Å². The minimum absolute atomic E-state index is 0.0713. The van der Waals surface area contributed by atoms with E-state index < -0.39 is 55.0 Å². The fourth-order valence-electron chi connectivity index (χ4n) is 4.54. The van der Waals surface area contributed by atoms with Gasteiger partial charge < -0.3 is 19.9 Å². The minimum Gasteiger partial charge on any atom is -0.489 e. The highest BCUT2D eigenvalue weighted by atomic mass is 19.4. The van der Waals surface area contributed by atoms with Gasteiger partial charge >= 0.3 is 18.7 Å². The first-order valence-corrected chi connectivity index (χ1v) is 11.7. The standard InChI is InChI=1S/C25H26F9NO3/c26-23(27,28)18-7-2-5-16(11-18)22(35-13-21(36)24(29,30)31)17-6-3-8-19(12-17)37-14-15-4-1-9-20(10-15)38-25(32,33)34/h1,3-4,6,8-10,12,16,18,21-22,35-36H,2,5,7,11,13-14H2. The maximum atomic E-state index is 13.4. The number of hydrogen-bond donors (Lipinski definition) is 2. The van der Waals surface area contributed by atoms with Crippen molar-refractivity contribution in [3.63, 3.8) is 0 Å². The molecule has 38 heavy (non-hydrogen) atoms. The van der Waals surface area contributed by atoms with Gasteiger partial charge in [0.15, 0.2) is 6.10 Å². The number of aliphatic hydroxyl groups excluding tert-OH is 1. The van der Waals surface area contributed by atoms with Gasteiger partial charge in [-0.05, 0) is 60.6 Å². The number of hydrogen-bond acceptors (Lipinski definition) is 4. The van der Waals surface area contributed by atoms with Gasteiger partial charge in [0.2, 0.25) is 0 Å². The van der Waals surface area contributed by atoms with Crippen molar-refractivity contribution >= 4 is 0 Å². The number of alkyl halides is 9. The van der Waals surface area contributed by atoms with Gasteiger partial charge in [-0.3, -0.25) is 0 Å². The highest BCUT2D eigenvalue weighted by Crippen LogP contribution is 2.44. The van der Waals surface area contributed by atoms with E-state index in [1.54, 1.807) is 0 Å². The monoisotopic (exact) mass is 559 g/mol. The molecule has 0 aromatic heterocycles. The number of ether oxygens (including phenoxy) is 2. The van der Waals surface area contributed by atoms with Crippen LogP contribution in [0.25, 0.3) is 0 Å². The average molecular weight is 559 g/mol. The Labute approximate surface area is 212 Å². The molecule has 0 bridgehead atoms. The average Bonchev–Trinajstić information content (AvgIpc) is 2.81. The number of halogens is 9. The maximum absolute atomic E-state index is 13.4. The van der Waals surface area contributed by atoms with Crippen molar-refractivity contribution in [1.29, 1.82) is 0 Å². The molecule has 212 valence electrons. The van der Waals surface area contributed by atoms with Crippen molar-refractivity contribution in [3.8, 4) is 11.5 Å². The van der Waals surface area contributed by atoms with E-state index in [2.05, 4.69) is 10.1 Å². The van der Waals surface area contributed by atoms with Crippen molar-refractivity contribution < 1.29 is 54.1 Å². The van der Waals surface area contributed by atoms with E-state index in [9.17, 15) is 44.6 Å². The lowest BCUT2D eigenvalue weighted by Crippen LogP contribution is -2.42. The van der Waals surface area contributed by atoms with Gasteiger partial charge in [0.1, 0.15) is 18.1 Å². The Morgan fingerprint density at radius 2 is 1.58 bits per heavy atom. The lowest BCUT2D eigenvalue weighted by molar-refractivity contribution is -0.274. The zero-order valence-electron chi connectivity index (χ0n) is 19.8. The summed E-state index contributed by atoms with van der Waals surface area (Å²) in [5.74, 6) is -2.50. The van der Waals surface area contributed by atoms with Gasteiger partial charge in [0.25, 0.3) is 0 Å². The highest BCUT2D eigenvalue weighted by Gasteiger charge is 2.44. The van der Waals surface area contributed by atoms with Crippen molar-refractivity contribution in [2.45, 2.75) is 63.2 Å². The topological polar surface area (TPSA) is 50.7 Å². The van der Waals surface area contributed by atoms with Crippen LogP contribution in [-0.2, 0) is 6.61 Å². The van der Waals surface area contributed by atoms with E-state index in [1.807, 2.05) is 0 Å². The zero-order chi connectivity index (χ0) is 28.1. The molecule has 2 aromatic carbocycles. The van der Waals surface area contributed by atoms with Crippen LogP contribution in [-0.4, -0.2) is 36.5 Å². The number of nitrogens with one attached hydrogen (secondary N) is 1. The summed E-state index contributed by atoms with van der Waals surface area (Å²) in [4.78, 5) is 0. The van der Waals surface area contributed by atoms with Gasteiger partial charge in [-0.2, -0.15) is 26.3 Å². The second-order valence-corrected chi connectivity index (χ2v) is 9.16. The van der Waals surface area contributed by atoms with Crippen molar-refractivity contribution in [2.75, 3.05) is 6.54 Å². The molecule has 13 heteroatoms. The normalized spacial score (nSPS) is 20.6. The Morgan fingerprint density at radius 1 is 0.895 bits per heavy atom. The molecule has 0 spiro atoms. The SMILES string of the molecule is OC(CNC(c1cccc(OCc2cccc(OC(F)(F)F)c2)c1)C1CCCC(C(F)(F)F)C1)C(F)(F)F. The molecule has 4 nitrogen and oxygen atoms in total. The molecule has 2 aromatic rings. The Bertz CT molecular complexity index is 1040. The van der Waals surface area contributed by atoms with Crippen LogP contribution in [0, 0.1) is 11.8 Å². The second kappa shape index (κ2) is 12.0. The van der Waals surface area contributed by atoms with Crippen LogP contribution < -0.4 is 14.8 Å². The van der Waals surface area contributed by atoms with Crippen LogP contribution in [0.15, 0.2) is 48.5 Å². The third-order valence-electron chi connectivity index (χ3n) is 6.31. The van der Waals surface area contributed by atoms with Crippen LogP contribution in [0.5, 0.6) is 11.5 Å². The zero-order valence-corrected chi connectivity index (χ0v) is 19.8. The molecular formula is C25H26F9NO3. The van der Waals surface area contributed by atoms with Gasteiger partial charge in [-0.15, -0.1) is 13.2 Å². The van der Waals surface area contributed by atoms with Crippen LogP contribution in [0.4, 0.5) is 39.5 Å². The Hall–Kier alpha value is -2.67. The predicted octanol–water partition coefficient (Wildman–Crippen LogP) is 7.09. The van der Waals surface area contributed by atoms with Gasteiger partial charge in [0, 0.05) is 12.6 Å². The summed E-state index contributed by atoms with van der Waals surface area (Å²) in [5, 5.41) is 12.0. The second-order valence-electron chi connectivity index (χ2n) is 9.16. The molecule has 1 aliphatic carbocycles. The summed E-state index contributed by atoms with van der Waals surface area (Å²) in [6.45, 7) is -1.10. The third-order valence-corrected chi connectivity index (χ3v) is 6.31. The summed E-state index contributed by atoms with van der Waals surface area (Å²) in [7, 11) is 0. The minimum atomic E-state index is -4.91. The summed E-state index contributed by atoms with van der Waals surface area (Å²) in [5.41, 5.74) is 0.694. The highest BCUT2D eigenvalue weighted by molar-refractivity contribution is 5.33. The summed E-state index contributed by atoms with van der Waals surface area (Å²) >= 11 is 0. The van der Waals surface area contributed by atoms with Crippen LogP contribution in [0.1, 0.15) is 42.9 Å². The summed E-state index contributed by atoms with van der Waals surface area (Å²) in [6, 6.07) is 10.1. The lowest BCUT2D eigenvalue weighted by atomic mass is 9.75.